The van der Waals surface area contributed by atoms with Gasteiger partial charge in [-0.3, -0.25) is 0 Å². The summed E-state index contributed by atoms with van der Waals surface area (Å²) in [5, 5.41) is 0. The molecule has 0 saturated heterocycles. The fourth-order valence-electron chi connectivity index (χ4n) is 2.92. The predicted octanol–water partition coefficient (Wildman–Crippen LogP) is 2.61. The van der Waals surface area contributed by atoms with Crippen LogP contribution in [-0.4, -0.2) is 25.8 Å². The molecule has 1 saturated carbocycles. The van der Waals surface area contributed by atoms with Crippen LogP contribution in [0.3, 0.4) is 0 Å². The molecule has 0 bridgehead atoms. The molecule has 20 heavy (non-hydrogen) atoms. The molecule has 0 spiro atoms. The number of benzene rings is 1. The third-order valence-electron chi connectivity index (χ3n) is 4.25. The smallest absolute Gasteiger partial charge is 0.218 e. The van der Waals surface area contributed by atoms with Crippen LogP contribution in [0.2, 0.25) is 0 Å². The number of hydrogen-bond donors (Lipinski definition) is 1. The molecule has 1 aromatic rings. The van der Waals surface area contributed by atoms with E-state index >= 15 is 0 Å². The zero-order valence-electron chi connectivity index (χ0n) is 12.2. The van der Waals surface area contributed by atoms with Crippen LogP contribution >= 0.6 is 0 Å². The number of para-hydroxylation sites is 1. The highest BCUT2D eigenvalue weighted by atomic mass is 32.2. The van der Waals surface area contributed by atoms with Gasteiger partial charge >= 0.3 is 0 Å². The van der Waals surface area contributed by atoms with Crippen LogP contribution < -0.4 is 5.73 Å². The van der Waals surface area contributed by atoms with Gasteiger partial charge in [-0.1, -0.05) is 38.0 Å². The van der Waals surface area contributed by atoms with Crippen molar-refractivity contribution in [1.29, 1.82) is 0 Å². The molecule has 1 fully saturated rings. The number of sulfonamides is 1. The average Bonchev–Trinajstić information content (AvgIpc) is 2.40. The number of nitrogens with two attached hydrogens (primary N) is 1. The minimum atomic E-state index is -3.31. The minimum absolute atomic E-state index is 0.0128. The van der Waals surface area contributed by atoms with E-state index in [1.54, 1.807) is 23.5 Å². The summed E-state index contributed by atoms with van der Waals surface area (Å²) < 4.78 is 26.6. The largest absolute Gasteiger partial charge is 0.398 e. The number of nitrogen functional groups attached to an aromatic ring is 1. The SMILES string of the molecule is CC1CCCC(N(C)S(=O)(=O)Cc2ccccc2N)C1. The molecule has 2 unspecified atom stereocenters. The Hall–Kier alpha value is -1.07. The first-order valence-corrected chi connectivity index (χ1v) is 8.80. The Morgan fingerprint density at radius 3 is 2.65 bits per heavy atom. The first kappa shape index (κ1) is 15.3. The van der Waals surface area contributed by atoms with Crippen molar-refractivity contribution >= 4 is 15.7 Å². The van der Waals surface area contributed by atoms with Crippen LogP contribution in [0.15, 0.2) is 24.3 Å². The number of anilines is 1. The second kappa shape index (κ2) is 6.14. The number of hydrogen-bond acceptors (Lipinski definition) is 3. The maximum atomic E-state index is 12.5. The van der Waals surface area contributed by atoms with Crippen molar-refractivity contribution in [3.05, 3.63) is 29.8 Å². The molecule has 4 nitrogen and oxygen atoms in total. The van der Waals surface area contributed by atoms with Crippen molar-refractivity contribution in [2.75, 3.05) is 12.8 Å². The molecule has 2 N–H and O–H groups in total. The summed E-state index contributed by atoms with van der Waals surface area (Å²) >= 11 is 0. The monoisotopic (exact) mass is 296 g/mol. The first-order valence-electron chi connectivity index (χ1n) is 7.19. The van der Waals surface area contributed by atoms with Crippen LogP contribution in [0.4, 0.5) is 5.69 Å². The van der Waals surface area contributed by atoms with Crippen molar-refractivity contribution in [2.45, 2.75) is 44.4 Å². The zero-order chi connectivity index (χ0) is 14.8. The van der Waals surface area contributed by atoms with E-state index in [9.17, 15) is 8.42 Å². The van der Waals surface area contributed by atoms with Gasteiger partial charge < -0.3 is 5.73 Å². The molecule has 0 heterocycles. The maximum Gasteiger partial charge on any atom is 0.218 e. The standard InChI is InChI=1S/C15H24N2O2S/c1-12-6-5-8-14(10-12)17(2)20(18,19)11-13-7-3-4-9-15(13)16/h3-4,7,9,12,14H,5-6,8,10-11,16H2,1-2H3. The molecule has 2 atom stereocenters. The second-order valence-electron chi connectivity index (χ2n) is 5.90. The van der Waals surface area contributed by atoms with Gasteiger partial charge in [0, 0.05) is 18.8 Å². The zero-order valence-corrected chi connectivity index (χ0v) is 13.1. The van der Waals surface area contributed by atoms with Gasteiger partial charge in [-0.25, -0.2) is 12.7 Å². The Morgan fingerprint density at radius 1 is 1.30 bits per heavy atom. The van der Waals surface area contributed by atoms with Crippen molar-refractivity contribution in [3.63, 3.8) is 0 Å². The fourth-order valence-corrected chi connectivity index (χ4v) is 4.43. The van der Waals surface area contributed by atoms with Gasteiger partial charge in [-0.2, -0.15) is 0 Å². The minimum Gasteiger partial charge on any atom is -0.398 e. The quantitative estimate of drug-likeness (QED) is 0.869. The van der Waals surface area contributed by atoms with Gasteiger partial charge in [0.15, 0.2) is 0 Å². The van der Waals surface area contributed by atoms with Crippen molar-refractivity contribution in [3.8, 4) is 0 Å². The molecule has 0 aliphatic heterocycles. The van der Waals surface area contributed by atoms with Crippen molar-refractivity contribution < 1.29 is 8.42 Å². The van der Waals surface area contributed by atoms with E-state index in [0.29, 0.717) is 17.2 Å². The molecule has 0 aromatic heterocycles. The van der Waals surface area contributed by atoms with Crippen molar-refractivity contribution in [2.24, 2.45) is 5.92 Å². The van der Waals surface area contributed by atoms with Crippen LogP contribution in [0.1, 0.15) is 38.2 Å². The van der Waals surface area contributed by atoms with Crippen molar-refractivity contribution in [1.82, 2.24) is 4.31 Å². The highest BCUT2D eigenvalue weighted by Gasteiger charge is 2.30. The molecule has 112 valence electrons. The molecular weight excluding hydrogens is 272 g/mol. The Labute approximate surface area is 122 Å². The van der Waals surface area contributed by atoms with Gasteiger partial charge in [0.05, 0.1) is 5.75 Å². The summed E-state index contributed by atoms with van der Waals surface area (Å²) in [5.74, 6) is 0.592. The Balaban J connectivity index is 2.11. The topological polar surface area (TPSA) is 63.4 Å². The van der Waals surface area contributed by atoms with Gasteiger partial charge in [0.25, 0.3) is 0 Å². The highest BCUT2D eigenvalue weighted by molar-refractivity contribution is 7.88. The molecule has 5 heteroatoms. The lowest BCUT2D eigenvalue weighted by Gasteiger charge is -2.33. The summed E-state index contributed by atoms with van der Waals surface area (Å²) in [5.41, 5.74) is 7.07. The third-order valence-corrected chi connectivity index (χ3v) is 6.11. The number of nitrogens with zero attached hydrogens (tertiary/aromatic N) is 1. The predicted molar refractivity (Wildman–Crippen MR) is 82.7 cm³/mol. The third kappa shape index (κ3) is 3.52. The van der Waals surface area contributed by atoms with E-state index in [-0.39, 0.29) is 11.8 Å². The molecule has 0 amide bonds. The van der Waals surface area contributed by atoms with E-state index in [4.69, 9.17) is 5.73 Å². The Morgan fingerprint density at radius 2 is 2.00 bits per heavy atom. The highest BCUT2D eigenvalue weighted by Crippen LogP contribution is 2.29. The molecule has 1 aromatic carbocycles. The Bertz CT molecular complexity index is 557. The summed E-state index contributed by atoms with van der Waals surface area (Å²) in [7, 11) is -1.60. The van der Waals surface area contributed by atoms with Gasteiger partial charge in [-0.15, -0.1) is 0 Å². The number of rotatable bonds is 4. The van der Waals surface area contributed by atoms with Gasteiger partial charge in [0.1, 0.15) is 0 Å². The molecule has 2 rings (SSSR count). The Kier molecular flexibility index (Phi) is 4.70. The van der Waals surface area contributed by atoms with Crippen LogP contribution in [0.25, 0.3) is 0 Å². The summed E-state index contributed by atoms with van der Waals surface area (Å²) in [6.45, 7) is 2.20. The first-order chi connectivity index (χ1) is 9.40. The van der Waals surface area contributed by atoms with E-state index in [1.807, 2.05) is 12.1 Å². The molecule has 1 aliphatic carbocycles. The summed E-state index contributed by atoms with van der Waals surface area (Å²) in [6.07, 6.45) is 4.24. The lowest BCUT2D eigenvalue weighted by Crippen LogP contribution is -2.40. The fraction of sp³-hybridized carbons (Fsp3) is 0.600. The molecular formula is C15H24N2O2S. The molecule has 0 radical (unpaired) electrons. The van der Waals surface area contributed by atoms with E-state index in [1.165, 1.54) is 6.42 Å². The second-order valence-corrected chi connectivity index (χ2v) is 7.93. The van der Waals surface area contributed by atoms with Crippen LogP contribution in [0, 0.1) is 5.92 Å². The summed E-state index contributed by atoms with van der Waals surface area (Å²) in [4.78, 5) is 0. The van der Waals surface area contributed by atoms with Crippen LogP contribution in [-0.2, 0) is 15.8 Å². The maximum absolute atomic E-state index is 12.5. The normalized spacial score (nSPS) is 23.9. The van der Waals surface area contributed by atoms with E-state index in [0.717, 1.165) is 19.3 Å². The van der Waals surface area contributed by atoms with Gasteiger partial charge in [0.2, 0.25) is 10.0 Å². The summed E-state index contributed by atoms with van der Waals surface area (Å²) in [6, 6.07) is 7.30. The van der Waals surface area contributed by atoms with Crippen LogP contribution in [0.5, 0.6) is 0 Å². The van der Waals surface area contributed by atoms with E-state index < -0.39 is 10.0 Å². The lowest BCUT2D eigenvalue weighted by atomic mass is 9.87. The molecule has 1 aliphatic rings. The van der Waals surface area contributed by atoms with E-state index in [2.05, 4.69) is 6.92 Å². The lowest BCUT2D eigenvalue weighted by molar-refractivity contribution is 0.239. The van der Waals surface area contributed by atoms with Gasteiger partial charge in [-0.05, 0) is 30.4 Å². The average molecular weight is 296 g/mol.